The van der Waals surface area contributed by atoms with E-state index in [1.807, 2.05) is 12.1 Å². The standard InChI is InChI=1S/C22H28N2O2/c1-14-7-18(14)19-3-4-20(26-19)21(25)24(6-2-5-23)22-11-15-8-16(12-22)10-17(9-15)13-22/h3-4,14-18H,2,6-13H2,1H3/t14-,15?,16?,17?,18-,22?/m1/s1. The van der Waals surface area contributed by atoms with E-state index in [1.54, 1.807) is 0 Å². The Labute approximate surface area is 155 Å². The van der Waals surface area contributed by atoms with Crippen molar-refractivity contribution in [2.75, 3.05) is 6.54 Å². The van der Waals surface area contributed by atoms with Gasteiger partial charge in [-0.2, -0.15) is 5.26 Å². The highest BCUT2D eigenvalue weighted by Crippen LogP contribution is 2.58. The van der Waals surface area contributed by atoms with E-state index in [2.05, 4.69) is 17.9 Å². The third-order valence-corrected chi connectivity index (χ3v) is 7.58. The maximum absolute atomic E-state index is 13.4. The van der Waals surface area contributed by atoms with Crippen molar-refractivity contribution in [1.82, 2.24) is 4.90 Å². The van der Waals surface area contributed by atoms with Gasteiger partial charge in [0.05, 0.1) is 12.5 Å². The van der Waals surface area contributed by atoms with Crippen molar-refractivity contribution < 1.29 is 9.21 Å². The number of carbonyl (C=O) groups excluding carboxylic acids is 1. The number of furan rings is 1. The van der Waals surface area contributed by atoms with Crippen LogP contribution in [0.15, 0.2) is 16.5 Å². The summed E-state index contributed by atoms with van der Waals surface area (Å²) < 4.78 is 5.99. The van der Waals surface area contributed by atoms with Gasteiger partial charge >= 0.3 is 0 Å². The maximum atomic E-state index is 13.4. The largest absolute Gasteiger partial charge is 0.456 e. The first-order valence-corrected chi connectivity index (χ1v) is 10.4. The minimum Gasteiger partial charge on any atom is -0.456 e. The molecule has 0 spiro atoms. The molecular formula is C22H28N2O2. The van der Waals surface area contributed by atoms with Gasteiger partial charge in [0.2, 0.25) is 0 Å². The van der Waals surface area contributed by atoms with E-state index in [4.69, 9.17) is 9.68 Å². The van der Waals surface area contributed by atoms with Crippen molar-refractivity contribution >= 4 is 5.91 Å². The molecule has 2 atom stereocenters. The summed E-state index contributed by atoms with van der Waals surface area (Å²) >= 11 is 0. The Balaban J connectivity index is 1.43. The molecule has 1 aromatic rings. The molecule has 1 heterocycles. The zero-order chi connectivity index (χ0) is 17.9. The van der Waals surface area contributed by atoms with E-state index in [0.717, 1.165) is 49.2 Å². The predicted molar refractivity (Wildman–Crippen MR) is 97.4 cm³/mol. The van der Waals surface area contributed by atoms with Gasteiger partial charge in [0.1, 0.15) is 5.76 Å². The summed E-state index contributed by atoms with van der Waals surface area (Å²) in [6, 6.07) is 6.10. The zero-order valence-electron chi connectivity index (χ0n) is 15.6. The Hall–Kier alpha value is -1.76. The molecule has 5 saturated carbocycles. The van der Waals surface area contributed by atoms with Crippen LogP contribution < -0.4 is 0 Å². The Morgan fingerprint density at radius 1 is 1.19 bits per heavy atom. The Morgan fingerprint density at radius 2 is 1.81 bits per heavy atom. The first kappa shape index (κ1) is 16.4. The van der Waals surface area contributed by atoms with Gasteiger partial charge < -0.3 is 9.32 Å². The van der Waals surface area contributed by atoms with Crippen LogP contribution in [0.3, 0.4) is 0 Å². The quantitative estimate of drug-likeness (QED) is 0.770. The Morgan fingerprint density at radius 3 is 2.35 bits per heavy atom. The molecule has 0 N–H and O–H groups in total. The Bertz CT molecular complexity index is 723. The summed E-state index contributed by atoms with van der Waals surface area (Å²) in [7, 11) is 0. The molecule has 0 unspecified atom stereocenters. The van der Waals surface area contributed by atoms with E-state index < -0.39 is 0 Å². The Kier molecular flexibility index (Phi) is 3.71. The molecule has 1 aromatic heterocycles. The molecule has 4 nitrogen and oxygen atoms in total. The van der Waals surface area contributed by atoms with Crippen LogP contribution in [0, 0.1) is 35.0 Å². The fraction of sp³-hybridized carbons (Fsp3) is 0.727. The first-order valence-electron chi connectivity index (χ1n) is 10.4. The second-order valence-electron chi connectivity index (χ2n) is 9.53. The number of nitriles is 1. The molecule has 4 heteroatoms. The lowest BCUT2D eigenvalue weighted by Crippen LogP contribution is -2.61. The van der Waals surface area contributed by atoms with Crippen molar-refractivity contribution in [3.05, 3.63) is 23.7 Å². The molecular weight excluding hydrogens is 324 g/mol. The molecule has 5 aliphatic rings. The lowest BCUT2D eigenvalue weighted by Gasteiger charge is -2.60. The lowest BCUT2D eigenvalue weighted by atomic mass is 9.52. The molecule has 6 rings (SSSR count). The molecule has 1 amide bonds. The summed E-state index contributed by atoms with van der Waals surface area (Å²) in [6.45, 7) is 2.76. The van der Waals surface area contributed by atoms with Crippen LogP contribution in [-0.4, -0.2) is 22.9 Å². The summed E-state index contributed by atoms with van der Waals surface area (Å²) in [6.07, 6.45) is 9.00. The molecule has 0 aromatic carbocycles. The van der Waals surface area contributed by atoms with E-state index in [-0.39, 0.29) is 11.4 Å². The van der Waals surface area contributed by atoms with Crippen molar-refractivity contribution in [3.63, 3.8) is 0 Å². The molecule has 138 valence electrons. The van der Waals surface area contributed by atoms with Crippen molar-refractivity contribution in [3.8, 4) is 6.07 Å². The average molecular weight is 352 g/mol. The van der Waals surface area contributed by atoms with Crippen molar-refractivity contribution in [2.45, 2.75) is 69.7 Å². The van der Waals surface area contributed by atoms with Crippen LogP contribution in [0.5, 0.6) is 0 Å². The highest BCUT2D eigenvalue weighted by molar-refractivity contribution is 5.92. The lowest BCUT2D eigenvalue weighted by molar-refractivity contribution is -0.0748. The zero-order valence-corrected chi connectivity index (χ0v) is 15.6. The fourth-order valence-electron chi connectivity index (χ4n) is 6.63. The van der Waals surface area contributed by atoms with Crippen LogP contribution >= 0.6 is 0 Å². The molecule has 5 aliphatic carbocycles. The van der Waals surface area contributed by atoms with E-state index in [9.17, 15) is 4.79 Å². The highest BCUT2D eigenvalue weighted by Gasteiger charge is 2.55. The highest BCUT2D eigenvalue weighted by atomic mass is 16.4. The normalized spacial score (nSPS) is 39.6. The summed E-state index contributed by atoms with van der Waals surface area (Å²) in [5, 5.41) is 9.15. The van der Waals surface area contributed by atoms with Crippen LogP contribution in [0.1, 0.15) is 80.5 Å². The smallest absolute Gasteiger partial charge is 0.290 e. The molecule has 4 bridgehead atoms. The summed E-state index contributed by atoms with van der Waals surface area (Å²) in [5.74, 6) is 4.95. The molecule has 0 aliphatic heterocycles. The maximum Gasteiger partial charge on any atom is 0.290 e. The van der Waals surface area contributed by atoms with Gasteiger partial charge in [0, 0.05) is 18.0 Å². The van der Waals surface area contributed by atoms with E-state index in [1.165, 1.54) is 19.3 Å². The minimum absolute atomic E-state index is 0.0155. The number of carbonyl (C=O) groups is 1. The second-order valence-corrected chi connectivity index (χ2v) is 9.53. The molecule has 0 saturated heterocycles. The second kappa shape index (κ2) is 5.87. The topological polar surface area (TPSA) is 57.2 Å². The number of rotatable bonds is 5. The molecule has 0 radical (unpaired) electrons. The van der Waals surface area contributed by atoms with Crippen LogP contribution in [-0.2, 0) is 0 Å². The number of hydrogen-bond acceptors (Lipinski definition) is 3. The van der Waals surface area contributed by atoms with Crippen LogP contribution in [0.4, 0.5) is 0 Å². The molecule has 5 fully saturated rings. The number of amides is 1. The monoisotopic (exact) mass is 352 g/mol. The number of nitrogens with zero attached hydrogens (tertiary/aromatic N) is 2. The third-order valence-electron chi connectivity index (χ3n) is 7.58. The van der Waals surface area contributed by atoms with Gasteiger partial charge in [-0.25, -0.2) is 0 Å². The van der Waals surface area contributed by atoms with Gasteiger partial charge in [-0.15, -0.1) is 0 Å². The van der Waals surface area contributed by atoms with E-state index in [0.29, 0.717) is 30.6 Å². The van der Waals surface area contributed by atoms with Gasteiger partial charge in [0.15, 0.2) is 5.76 Å². The van der Waals surface area contributed by atoms with Gasteiger partial charge in [-0.1, -0.05) is 6.92 Å². The summed E-state index contributed by atoms with van der Waals surface area (Å²) in [4.78, 5) is 15.5. The molecule has 26 heavy (non-hydrogen) atoms. The van der Waals surface area contributed by atoms with Gasteiger partial charge in [-0.3, -0.25) is 4.79 Å². The first-order chi connectivity index (χ1) is 12.6. The third kappa shape index (κ3) is 2.59. The van der Waals surface area contributed by atoms with E-state index >= 15 is 0 Å². The predicted octanol–water partition coefficient (Wildman–Crippen LogP) is 4.73. The SMILES string of the molecule is C[C@@H]1C[C@H]1c1ccc(C(=O)N(CCC#N)C23CC4CC(CC(C4)C2)C3)o1. The number of hydrogen-bond donors (Lipinski definition) is 0. The fourth-order valence-corrected chi connectivity index (χ4v) is 6.63. The van der Waals surface area contributed by atoms with Crippen molar-refractivity contribution in [1.29, 1.82) is 5.26 Å². The van der Waals surface area contributed by atoms with Gasteiger partial charge in [0.25, 0.3) is 5.91 Å². The van der Waals surface area contributed by atoms with Crippen molar-refractivity contribution in [2.24, 2.45) is 23.7 Å². The van der Waals surface area contributed by atoms with Gasteiger partial charge in [-0.05, 0) is 80.8 Å². The minimum atomic E-state index is -0.0253. The van der Waals surface area contributed by atoms with Crippen LogP contribution in [0.2, 0.25) is 0 Å². The van der Waals surface area contributed by atoms with Crippen LogP contribution in [0.25, 0.3) is 0 Å². The average Bonchev–Trinajstić information content (AvgIpc) is 3.13. The summed E-state index contributed by atoms with van der Waals surface area (Å²) in [5.41, 5.74) is -0.0253.